The highest BCUT2D eigenvalue weighted by Gasteiger charge is 2.09. The van der Waals surface area contributed by atoms with Gasteiger partial charge < -0.3 is 15.4 Å². The van der Waals surface area contributed by atoms with Crippen LogP contribution in [0.4, 0.5) is 5.69 Å². The average Bonchev–Trinajstić information content (AvgIpc) is 2.27. The lowest BCUT2D eigenvalue weighted by Gasteiger charge is -2.18. The number of methoxy groups -OCH3 is 1. The summed E-state index contributed by atoms with van der Waals surface area (Å²) >= 11 is 0. The van der Waals surface area contributed by atoms with Crippen molar-refractivity contribution in [2.75, 3.05) is 12.4 Å². The molecule has 19 heavy (non-hydrogen) atoms. The zero-order valence-corrected chi connectivity index (χ0v) is 12.4. The number of hydrogen-bond donors (Lipinski definition) is 2. The molecular formula is C15H24N2O2. The molecule has 1 unspecified atom stereocenters. The number of ether oxygens (including phenoxy) is 1. The Labute approximate surface area is 115 Å². The van der Waals surface area contributed by atoms with Gasteiger partial charge in [-0.15, -0.1) is 0 Å². The molecule has 0 saturated heterocycles. The van der Waals surface area contributed by atoms with Crippen molar-refractivity contribution in [2.45, 2.75) is 46.2 Å². The molecule has 1 amide bonds. The van der Waals surface area contributed by atoms with Crippen molar-refractivity contribution in [3.63, 3.8) is 0 Å². The molecule has 106 valence electrons. The third-order valence-electron chi connectivity index (χ3n) is 2.73. The van der Waals surface area contributed by atoms with Gasteiger partial charge >= 0.3 is 0 Å². The number of benzene rings is 1. The first-order valence-corrected chi connectivity index (χ1v) is 6.63. The first kappa shape index (κ1) is 15.5. The van der Waals surface area contributed by atoms with E-state index < -0.39 is 0 Å². The van der Waals surface area contributed by atoms with Crippen LogP contribution in [0.25, 0.3) is 0 Å². The highest BCUT2D eigenvalue weighted by atomic mass is 16.5. The number of nitrogens with one attached hydrogen (secondary N) is 2. The molecule has 4 nitrogen and oxygen atoms in total. The highest BCUT2D eigenvalue weighted by Crippen LogP contribution is 2.26. The number of hydrogen-bond acceptors (Lipinski definition) is 3. The van der Waals surface area contributed by atoms with E-state index in [0.29, 0.717) is 17.8 Å². The largest absolute Gasteiger partial charge is 0.495 e. The Morgan fingerprint density at radius 2 is 2.00 bits per heavy atom. The average molecular weight is 264 g/mol. The summed E-state index contributed by atoms with van der Waals surface area (Å²) < 4.78 is 5.24. The van der Waals surface area contributed by atoms with Gasteiger partial charge in [-0.3, -0.25) is 4.79 Å². The molecule has 1 aromatic carbocycles. The minimum absolute atomic E-state index is 0.0937. The summed E-state index contributed by atoms with van der Waals surface area (Å²) in [4.78, 5) is 11.2. The molecule has 1 aromatic rings. The predicted molar refractivity (Wildman–Crippen MR) is 78.7 cm³/mol. The second-order valence-electron chi connectivity index (χ2n) is 5.14. The second-order valence-corrected chi connectivity index (χ2v) is 5.14. The molecule has 0 aliphatic heterocycles. The van der Waals surface area contributed by atoms with Crippen molar-refractivity contribution in [2.24, 2.45) is 0 Å². The zero-order chi connectivity index (χ0) is 14.4. The lowest BCUT2D eigenvalue weighted by molar-refractivity contribution is -0.114. The third kappa shape index (κ3) is 5.30. The van der Waals surface area contributed by atoms with Crippen molar-refractivity contribution in [3.8, 4) is 5.75 Å². The normalized spacial score (nSPS) is 12.3. The van der Waals surface area contributed by atoms with Gasteiger partial charge in [0.25, 0.3) is 0 Å². The molecule has 0 aromatic heterocycles. The zero-order valence-electron chi connectivity index (χ0n) is 12.4. The molecule has 0 spiro atoms. The van der Waals surface area contributed by atoms with Crippen molar-refractivity contribution in [3.05, 3.63) is 23.8 Å². The van der Waals surface area contributed by atoms with Crippen LogP contribution in [0.2, 0.25) is 0 Å². The number of carbonyl (C=O) groups is 1. The van der Waals surface area contributed by atoms with Crippen LogP contribution in [0.1, 0.15) is 33.3 Å². The minimum Gasteiger partial charge on any atom is -0.495 e. The van der Waals surface area contributed by atoms with E-state index >= 15 is 0 Å². The fourth-order valence-electron chi connectivity index (χ4n) is 2.15. The van der Waals surface area contributed by atoms with Crippen molar-refractivity contribution < 1.29 is 9.53 Å². The van der Waals surface area contributed by atoms with E-state index in [0.717, 1.165) is 12.1 Å². The van der Waals surface area contributed by atoms with E-state index in [1.807, 2.05) is 18.2 Å². The van der Waals surface area contributed by atoms with Crippen LogP contribution in [0.5, 0.6) is 5.75 Å². The maximum absolute atomic E-state index is 11.2. The Morgan fingerprint density at radius 1 is 1.32 bits per heavy atom. The number of amides is 1. The fourth-order valence-corrected chi connectivity index (χ4v) is 2.15. The number of carbonyl (C=O) groups excluding carboxylic acids is 1. The molecule has 0 saturated carbocycles. The maximum atomic E-state index is 11.2. The minimum atomic E-state index is -0.0937. The van der Waals surface area contributed by atoms with Crippen LogP contribution in [-0.4, -0.2) is 25.1 Å². The first-order valence-electron chi connectivity index (χ1n) is 6.63. The smallest absolute Gasteiger partial charge is 0.221 e. The Kier molecular flexibility index (Phi) is 5.83. The first-order chi connectivity index (χ1) is 8.92. The third-order valence-corrected chi connectivity index (χ3v) is 2.73. The molecule has 4 heteroatoms. The van der Waals surface area contributed by atoms with Gasteiger partial charge in [0.1, 0.15) is 5.75 Å². The molecule has 0 aliphatic carbocycles. The van der Waals surface area contributed by atoms with Gasteiger partial charge in [0.2, 0.25) is 5.91 Å². The molecule has 0 radical (unpaired) electrons. The van der Waals surface area contributed by atoms with E-state index in [1.165, 1.54) is 12.5 Å². The Bertz CT molecular complexity index is 430. The standard InChI is InChI=1S/C15H24N2O2/c1-10(2)16-11(3)8-13-6-7-15(19-5)14(9-13)17-12(4)18/h6-7,9-11,16H,8H2,1-5H3,(H,17,18). The van der Waals surface area contributed by atoms with Gasteiger partial charge in [-0.05, 0) is 31.0 Å². The topological polar surface area (TPSA) is 50.4 Å². The van der Waals surface area contributed by atoms with Crippen LogP contribution in [0.15, 0.2) is 18.2 Å². The van der Waals surface area contributed by atoms with Gasteiger partial charge in [-0.1, -0.05) is 19.9 Å². The number of rotatable bonds is 6. The monoisotopic (exact) mass is 264 g/mol. The van der Waals surface area contributed by atoms with Crippen molar-refractivity contribution in [1.29, 1.82) is 0 Å². The number of anilines is 1. The Balaban J connectivity index is 2.82. The molecule has 2 N–H and O–H groups in total. The summed E-state index contributed by atoms with van der Waals surface area (Å²) in [6.45, 7) is 7.91. The molecule has 0 heterocycles. The van der Waals surface area contributed by atoms with Gasteiger partial charge in [0, 0.05) is 19.0 Å². The molecule has 0 bridgehead atoms. The van der Waals surface area contributed by atoms with Crippen LogP contribution < -0.4 is 15.4 Å². The molecule has 0 fully saturated rings. The molecule has 1 atom stereocenters. The van der Waals surface area contributed by atoms with Crippen LogP contribution in [0, 0.1) is 0 Å². The highest BCUT2D eigenvalue weighted by molar-refractivity contribution is 5.90. The van der Waals surface area contributed by atoms with E-state index in [9.17, 15) is 4.79 Å². The van der Waals surface area contributed by atoms with E-state index in [4.69, 9.17) is 4.74 Å². The molecular weight excluding hydrogens is 240 g/mol. The van der Waals surface area contributed by atoms with Gasteiger partial charge in [0.15, 0.2) is 0 Å². The van der Waals surface area contributed by atoms with Crippen LogP contribution >= 0.6 is 0 Å². The van der Waals surface area contributed by atoms with E-state index in [-0.39, 0.29) is 5.91 Å². The van der Waals surface area contributed by atoms with Crippen molar-refractivity contribution in [1.82, 2.24) is 5.32 Å². The summed E-state index contributed by atoms with van der Waals surface area (Å²) in [5.74, 6) is 0.590. The van der Waals surface area contributed by atoms with Gasteiger partial charge in [0.05, 0.1) is 12.8 Å². The Hall–Kier alpha value is -1.55. The maximum Gasteiger partial charge on any atom is 0.221 e. The van der Waals surface area contributed by atoms with Gasteiger partial charge in [-0.25, -0.2) is 0 Å². The second kappa shape index (κ2) is 7.14. The summed E-state index contributed by atoms with van der Waals surface area (Å²) in [6, 6.07) is 6.74. The lowest BCUT2D eigenvalue weighted by Crippen LogP contribution is -2.33. The summed E-state index contributed by atoms with van der Waals surface area (Å²) in [5.41, 5.74) is 1.90. The lowest BCUT2D eigenvalue weighted by atomic mass is 10.1. The van der Waals surface area contributed by atoms with Crippen molar-refractivity contribution >= 4 is 11.6 Å². The molecule has 1 rings (SSSR count). The summed E-state index contributed by atoms with van der Waals surface area (Å²) in [5, 5.41) is 6.26. The predicted octanol–water partition coefficient (Wildman–Crippen LogP) is 2.58. The fraction of sp³-hybridized carbons (Fsp3) is 0.533. The summed E-state index contributed by atoms with van der Waals surface area (Å²) in [6.07, 6.45) is 0.911. The van der Waals surface area contributed by atoms with Crippen LogP contribution in [-0.2, 0) is 11.2 Å². The van der Waals surface area contributed by atoms with Crippen LogP contribution in [0.3, 0.4) is 0 Å². The SMILES string of the molecule is COc1ccc(CC(C)NC(C)C)cc1NC(C)=O. The molecule has 0 aliphatic rings. The van der Waals surface area contributed by atoms with Gasteiger partial charge in [-0.2, -0.15) is 0 Å². The Morgan fingerprint density at radius 3 is 2.53 bits per heavy atom. The quantitative estimate of drug-likeness (QED) is 0.830. The van der Waals surface area contributed by atoms with E-state index in [2.05, 4.69) is 31.4 Å². The summed E-state index contributed by atoms with van der Waals surface area (Å²) in [7, 11) is 1.60. The van der Waals surface area contributed by atoms with E-state index in [1.54, 1.807) is 7.11 Å².